The number of aromatic amines is 1. The molecule has 0 unspecified atom stereocenters. The van der Waals surface area contributed by atoms with E-state index in [1.807, 2.05) is 31.2 Å². The first-order valence-electron chi connectivity index (χ1n) is 5.59. The minimum Gasteiger partial charge on any atom is -0.496 e. The maximum atomic E-state index is 11.7. The van der Waals surface area contributed by atoms with Crippen molar-refractivity contribution >= 4 is 11.6 Å². The van der Waals surface area contributed by atoms with Crippen molar-refractivity contribution in [1.29, 1.82) is 0 Å². The molecule has 0 atom stereocenters. The molecule has 0 spiro atoms. The van der Waals surface area contributed by atoms with Crippen molar-refractivity contribution in [1.82, 2.24) is 4.98 Å². The van der Waals surface area contributed by atoms with Crippen molar-refractivity contribution in [2.24, 2.45) is 0 Å². The summed E-state index contributed by atoms with van der Waals surface area (Å²) < 4.78 is 5.30. The summed E-state index contributed by atoms with van der Waals surface area (Å²) in [4.78, 5) is 14.6. The summed E-state index contributed by atoms with van der Waals surface area (Å²) in [6.07, 6.45) is 0. The zero-order valence-corrected chi connectivity index (χ0v) is 11.0. The fraction of sp³-hybridized carbons (Fsp3) is 0.214. The van der Waals surface area contributed by atoms with E-state index in [2.05, 4.69) is 4.98 Å². The zero-order valence-electron chi connectivity index (χ0n) is 10.3. The van der Waals surface area contributed by atoms with Gasteiger partial charge in [0.1, 0.15) is 5.75 Å². The Labute approximate surface area is 110 Å². The van der Waals surface area contributed by atoms with E-state index < -0.39 is 0 Å². The first-order chi connectivity index (χ1) is 8.65. The van der Waals surface area contributed by atoms with Crippen LogP contribution in [0.1, 0.15) is 11.1 Å². The normalized spacial score (nSPS) is 10.4. The molecular weight excluding hydrogens is 250 g/mol. The average molecular weight is 264 g/mol. The van der Waals surface area contributed by atoms with Crippen LogP contribution in [0.3, 0.4) is 0 Å². The molecule has 1 aromatic heterocycles. The highest BCUT2D eigenvalue weighted by molar-refractivity contribution is 6.17. The Hall–Kier alpha value is -1.74. The molecule has 94 valence electrons. The fourth-order valence-electron chi connectivity index (χ4n) is 1.80. The number of ether oxygens (including phenoxy) is 1. The quantitative estimate of drug-likeness (QED) is 0.865. The summed E-state index contributed by atoms with van der Waals surface area (Å²) >= 11 is 5.67. The highest BCUT2D eigenvalue weighted by atomic mass is 35.5. The molecular formula is C14H14ClNO2. The lowest BCUT2D eigenvalue weighted by Gasteiger charge is -2.09. The number of pyridine rings is 1. The van der Waals surface area contributed by atoms with Gasteiger partial charge in [0.05, 0.1) is 18.7 Å². The van der Waals surface area contributed by atoms with Gasteiger partial charge in [-0.05, 0) is 25.1 Å². The maximum absolute atomic E-state index is 11.7. The van der Waals surface area contributed by atoms with Gasteiger partial charge in [0.25, 0.3) is 5.56 Å². The molecule has 0 bridgehead atoms. The number of aromatic nitrogens is 1. The number of hydrogen-bond donors (Lipinski definition) is 1. The van der Waals surface area contributed by atoms with E-state index in [0.717, 1.165) is 22.6 Å². The van der Waals surface area contributed by atoms with Gasteiger partial charge in [0.15, 0.2) is 0 Å². The molecule has 0 aliphatic rings. The van der Waals surface area contributed by atoms with E-state index in [-0.39, 0.29) is 11.4 Å². The zero-order chi connectivity index (χ0) is 13.1. The highest BCUT2D eigenvalue weighted by Crippen LogP contribution is 2.28. The van der Waals surface area contributed by atoms with Crippen LogP contribution < -0.4 is 10.3 Å². The van der Waals surface area contributed by atoms with Gasteiger partial charge in [0, 0.05) is 11.1 Å². The third-order valence-corrected chi connectivity index (χ3v) is 3.07. The highest BCUT2D eigenvalue weighted by Gasteiger charge is 2.08. The first-order valence-corrected chi connectivity index (χ1v) is 6.12. The molecule has 0 fully saturated rings. The molecule has 1 aromatic carbocycles. The molecule has 0 saturated heterocycles. The monoisotopic (exact) mass is 263 g/mol. The number of aryl methyl sites for hydroxylation is 1. The molecule has 0 saturated carbocycles. The van der Waals surface area contributed by atoms with E-state index in [0.29, 0.717) is 5.56 Å². The summed E-state index contributed by atoms with van der Waals surface area (Å²) in [6.45, 7) is 1.99. The van der Waals surface area contributed by atoms with Crippen LogP contribution in [0.15, 0.2) is 35.1 Å². The van der Waals surface area contributed by atoms with Crippen LogP contribution >= 0.6 is 11.6 Å². The molecule has 0 amide bonds. The SMILES string of the molecule is COc1ccc(C)cc1-c1ccc(CCl)c(=O)[nH]1. The Kier molecular flexibility index (Phi) is 3.72. The molecule has 0 aliphatic heterocycles. The van der Waals surface area contributed by atoms with Crippen LogP contribution in [-0.2, 0) is 5.88 Å². The number of hydrogen-bond acceptors (Lipinski definition) is 2. The third-order valence-electron chi connectivity index (χ3n) is 2.78. The second-order valence-corrected chi connectivity index (χ2v) is 4.33. The van der Waals surface area contributed by atoms with Crippen molar-refractivity contribution in [2.45, 2.75) is 12.8 Å². The van der Waals surface area contributed by atoms with Gasteiger partial charge in [-0.1, -0.05) is 17.7 Å². The van der Waals surface area contributed by atoms with Gasteiger partial charge < -0.3 is 9.72 Å². The minimum absolute atomic E-state index is 0.161. The number of benzene rings is 1. The summed E-state index contributed by atoms with van der Waals surface area (Å²) in [5, 5.41) is 0. The molecule has 0 aliphatic carbocycles. The van der Waals surface area contributed by atoms with Gasteiger partial charge in [-0.25, -0.2) is 0 Å². The second-order valence-electron chi connectivity index (χ2n) is 4.06. The molecule has 1 heterocycles. The van der Waals surface area contributed by atoms with Crippen molar-refractivity contribution < 1.29 is 4.74 Å². The maximum Gasteiger partial charge on any atom is 0.252 e. The average Bonchev–Trinajstić information content (AvgIpc) is 2.38. The van der Waals surface area contributed by atoms with Crippen LogP contribution in [0.5, 0.6) is 5.75 Å². The Morgan fingerprint density at radius 3 is 2.67 bits per heavy atom. The minimum atomic E-state index is -0.161. The Bertz CT molecular complexity index is 619. The van der Waals surface area contributed by atoms with Gasteiger partial charge in [0.2, 0.25) is 0 Å². The van der Waals surface area contributed by atoms with Crippen molar-refractivity contribution in [2.75, 3.05) is 7.11 Å². The standard InChI is InChI=1S/C14H14ClNO2/c1-9-3-6-13(18-2)11(7-9)12-5-4-10(8-15)14(17)16-12/h3-7H,8H2,1-2H3,(H,16,17). The number of alkyl halides is 1. The predicted molar refractivity (Wildman–Crippen MR) is 73.3 cm³/mol. The van der Waals surface area contributed by atoms with Gasteiger partial charge in [-0.2, -0.15) is 0 Å². The van der Waals surface area contributed by atoms with E-state index >= 15 is 0 Å². The largest absolute Gasteiger partial charge is 0.496 e. The van der Waals surface area contributed by atoms with Gasteiger partial charge in [-0.3, -0.25) is 4.79 Å². The number of rotatable bonds is 3. The Morgan fingerprint density at radius 2 is 2.06 bits per heavy atom. The predicted octanol–water partition coefficient (Wildman–Crippen LogP) is 3.10. The lowest BCUT2D eigenvalue weighted by Crippen LogP contribution is -2.11. The lowest BCUT2D eigenvalue weighted by molar-refractivity contribution is 0.416. The molecule has 1 N–H and O–H groups in total. The molecule has 2 rings (SSSR count). The van der Waals surface area contributed by atoms with Gasteiger partial charge in [-0.15, -0.1) is 11.6 Å². The third kappa shape index (κ3) is 2.41. The van der Waals surface area contributed by atoms with Crippen LogP contribution in [0, 0.1) is 6.92 Å². The molecule has 4 heteroatoms. The number of halogens is 1. The summed E-state index contributed by atoms with van der Waals surface area (Å²) in [5.41, 5.74) is 3.11. The smallest absolute Gasteiger partial charge is 0.252 e. The Balaban J connectivity index is 2.58. The first kappa shape index (κ1) is 12.7. The van der Waals surface area contributed by atoms with E-state index in [1.165, 1.54) is 0 Å². The van der Waals surface area contributed by atoms with E-state index in [9.17, 15) is 4.79 Å². The molecule has 0 radical (unpaired) electrons. The van der Waals surface area contributed by atoms with Crippen LogP contribution in [0.4, 0.5) is 0 Å². The van der Waals surface area contributed by atoms with Crippen LogP contribution in [0.25, 0.3) is 11.3 Å². The topological polar surface area (TPSA) is 42.1 Å². The number of methoxy groups -OCH3 is 1. The molecule has 18 heavy (non-hydrogen) atoms. The number of nitrogens with one attached hydrogen (secondary N) is 1. The van der Waals surface area contributed by atoms with Crippen molar-refractivity contribution in [3.63, 3.8) is 0 Å². The lowest BCUT2D eigenvalue weighted by atomic mass is 10.1. The van der Waals surface area contributed by atoms with E-state index in [4.69, 9.17) is 16.3 Å². The number of H-pyrrole nitrogens is 1. The van der Waals surface area contributed by atoms with E-state index in [1.54, 1.807) is 13.2 Å². The summed E-state index contributed by atoms with van der Waals surface area (Å²) in [7, 11) is 1.61. The second kappa shape index (κ2) is 5.27. The summed E-state index contributed by atoms with van der Waals surface area (Å²) in [5.74, 6) is 0.940. The molecule has 3 nitrogen and oxygen atoms in total. The van der Waals surface area contributed by atoms with Crippen LogP contribution in [0.2, 0.25) is 0 Å². The molecule has 2 aromatic rings. The van der Waals surface area contributed by atoms with Crippen LogP contribution in [-0.4, -0.2) is 12.1 Å². The van der Waals surface area contributed by atoms with Gasteiger partial charge >= 0.3 is 0 Å². The van der Waals surface area contributed by atoms with Crippen molar-refractivity contribution in [3.05, 3.63) is 51.8 Å². The fourth-order valence-corrected chi connectivity index (χ4v) is 2.01. The summed E-state index contributed by atoms with van der Waals surface area (Å²) in [6, 6.07) is 9.41. The van der Waals surface area contributed by atoms with Crippen molar-refractivity contribution in [3.8, 4) is 17.0 Å². The Morgan fingerprint density at radius 1 is 1.28 bits per heavy atom.